The standard InChI is InChI=1S/C17H14BrClN2O4S2.C2H6/c1-4-25-16(23)14-13(22)11-12(20-17(26-3)21-15(11)27-14)7-5-10(24-2)8(18)6-9(7)19;1-2/h5-6,22H,4H2,1-3H3;1-2H3. The number of hydrogen-bond acceptors (Lipinski definition) is 8. The van der Waals surface area contributed by atoms with E-state index in [-0.39, 0.29) is 17.2 Å². The van der Waals surface area contributed by atoms with Crippen LogP contribution in [0.4, 0.5) is 0 Å². The highest BCUT2D eigenvalue weighted by atomic mass is 79.9. The molecular weight excluding hydrogens is 500 g/mol. The first kappa shape index (κ1) is 23.7. The fraction of sp³-hybridized carbons (Fsp3) is 0.316. The minimum Gasteiger partial charge on any atom is -0.505 e. The lowest BCUT2D eigenvalue weighted by atomic mass is 10.1. The highest BCUT2D eigenvalue weighted by molar-refractivity contribution is 9.10. The molecule has 1 N–H and O–H groups in total. The van der Waals surface area contributed by atoms with Crippen LogP contribution in [0.2, 0.25) is 5.02 Å². The summed E-state index contributed by atoms with van der Waals surface area (Å²) >= 11 is 12.2. The number of aromatic nitrogens is 2. The zero-order valence-corrected chi connectivity index (χ0v) is 20.5. The molecule has 3 aromatic rings. The number of rotatable bonds is 5. The molecule has 156 valence electrons. The number of fused-ring (bicyclic) bond motifs is 1. The molecule has 0 saturated heterocycles. The first-order valence-corrected chi connectivity index (χ1v) is 11.9. The summed E-state index contributed by atoms with van der Waals surface area (Å²) in [7, 11) is 1.54. The number of halogens is 2. The Morgan fingerprint density at radius 1 is 1.34 bits per heavy atom. The van der Waals surface area contributed by atoms with Gasteiger partial charge in [-0.15, -0.1) is 11.3 Å². The molecule has 2 heterocycles. The minimum absolute atomic E-state index is 0.0841. The number of esters is 1. The topological polar surface area (TPSA) is 81.5 Å². The molecule has 0 bridgehead atoms. The molecule has 0 spiro atoms. The number of ether oxygens (including phenoxy) is 2. The molecule has 0 aliphatic rings. The van der Waals surface area contributed by atoms with Crippen LogP contribution < -0.4 is 4.74 Å². The summed E-state index contributed by atoms with van der Waals surface area (Å²) in [5.74, 6) is -0.254. The van der Waals surface area contributed by atoms with E-state index in [0.29, 0.717) is 41.9 Å². The summed E-state index contributed by atoms with van der Waals surface area (Å²) in [6.07, 6.45) is 1.84. The number of benzene rings is 1. The molecule has 3 rings (SSSR count). The molecule has 0 saturated carbocycles. The highest BCUT2D eigenvalue weighted by Gasteiger charge is 2.25. The van der Waals surface area contributed by atoms with Gasteiger partial charge in [-0.1, -0.05) is 37.2 Å². The van der Waals surface area contributed by atoms with Crippen molar-refractivity contribution in [2.75, 3.05) is 20.0 Å². The fourth-order valence-electron chi connectivity index (χ4n) is 2.45. The quantitative estimate of drug-likeness (QED) is 0.237. The molecule has 0 atom stereocenters. The predicted octanol–water partition coefficient (Wildman–Crippen LogP) is 6.41. The van der Waals surface area contributed by atoms with Gasteiger partial charge in [-0.05, 0) is 41.2 Å². The molecule has 1 aromatic carbocycles. The molecule has 0 fully saturated rings. The van der Waals surface area contributed by atoms with Crippen LogP contribution in [-0.4, -0.2) is 41.0 Å². The highest BCUT2D eigenvalue weighted by Crippen LogP contribution is 2.45. The van der Waals surface area contributed by atoms with Gasteiger partial charge in [0.25, 0.3) is 0 Å². The fourth-order valence-corrected chi connectivity index (χ4v) is 4.73. The van der Waals surface area contributed by atoms with E-state index < -0.39 is 5.97 Å². The van der Waals surface area contributed by atoms with Crippen LogP contribution in [0, 0.1) is 0 Å². The molecule has 0 unspecified atom stereocenters. The van der Waals surface area contributed by atoms with Gasteiger partial charge < -0.3 is 14.6 Å². The van der Waals surface area contributed by atoms with Crippen molar-refractivity contribution >= 4 is 66.8 Å². The first-order chi connectivity index (χ1) is 13.9. The Hall–Kier alpha value is -1.55. The van der Waals surface area contributed by atoms with Gasteiger partial charge in [0.15, 0.2) is 15.8 Å². The summed E-state index contributed by atoms with van der Waals surface area (Å²) in [6, 6.07) is 3.41. The maximum Gasteiger partial charge on any atom is 0.352 e. The number of nitrogens with zero attached hydrogens (tertiary/aromatic N) is 2. The van der Waals surface area contributed by atoms with E-state index in [9.17, 15) is 9.90 Å². The minimum atomic E-state index is -0.603. The summed E-state index contributed by atoms with van der Waals surface area (Å²) < 4.78 is 11.1. The SMILES string of the molecule is CC.CCOC(=O)c1sc2nc(SC)nc(-c3cc(OC)c(Br)cc3Cl)c2c1O. The average Bonchev–Trinajstić information content (AvgIpc) is 3.06. The van der Waals surface area contributed by atoms with E-state index in [1.54, 1.807) is 26.2 Å². The zero-order chi connectivity index (χ0) is 21.7. The van der Waals surface area contributed by atoms with Crippen LogP contribution in [0.1, 0.15) is 30.4 Å². The second-order valence-electron chi connectivity index (χ2n) is 5.21. The van der Waals surface area contributed by atoms with E-state index in [4.69, 9.17) is 21.1 Å². The average molecular weight is 520 g/mol. The van der Waals surface area contributed by atoms with Crippen molar-refractivity contribution in [1.82, 2.24) is 9.97 Å². The normalized spacial score (nSPS) is 10.4. The zero-order valence-electron chi connectivity index (χ0n) is 16.5. The molecule has 0 radical (unpaired) electrons. The largest absolute Gasteiger partial charge is 0.505 e. The van der Waals surface area contributed by atoms with Crippen LogP contribution in [0.15, 0.2) is 21.8 Å². The van der Waals surface area contributed by atoms with E-state index in [1.165, 1.54) is 11.8 Å². The Labute approximate surface area is 190 Å². The van der Waals surface area contributed by atoms with Gasteiger partial charge in [-0.3, -0.25) is 0 Å². The van der Waals surface area contributed by atoms with Gasteiger partial charge in [-0.25, -0.2) is 14.8 Å². The van der Waals surface area contributed by atoms with E-state index in [1.807, 2.05) is 20.1 Å². The number of hydrogen-bond donors (Lipinski definition) is 1. The van der Waals surface area contributed by atoms with E-state index >= 15 is 0 Å². The van der Waals surface area contributed by atoms with Gasteiger partial charge >= 0.3 is 5.97 Å². The molecule has 2 aromatic heterocycles. The van der Waals surface area contributed by atoms with Crippen LogP contribution in [0.5, 0.6) is 11.5 Å². The summed E-state index contributed by atoms with van der Waals surface area (Å²) in [5, 5.41) is 12.0. The third-order valence-corrected chi connectivity index (χ3v) is 6.18. The van der Waals surface area contributed by atoms with Crippen molar-refractivity contribution < 1.29 is 19.4 Å². The van der Waals surface area contributed by atoms with E-state index in [0.717, 1.165) is 11.3 Å². The van der Waals surface area contributed by atoms with Crippen LogP contribution >= 0.6 is 50.6 Å². The lowest BCUT2D eigenvalue weighted by molar-refractivity contribution is 0.0529. The lowest BCUT2D eigenvalue weighted by Gasteiger charge is -2.11. The Morgan fingerprint density at radius 2 is 2.03 bits per heavy atom. The number of carbonyl (C=O) groups excluding carboxylic acids is 1. The number of methoxy groups -OCH3 is 1. The molecular formula is C19H20BrClN2O4S2. The lowest BCUT2D eigenvalue weighted by Crippen LogP contribution is -2.02. The van der Waals surface area contributed by atoms with Crippen molar-refractivity contribution in [3.63, 3.8) is 0 Å². The molecule has 0 aliphatic heterocycles. The van der Waals surface area contributed by atoms with E-state index in [2.05, 4.69) is 25.9 Å². The van der Waals surface area contributed by atoms with Gasteiger partial charge in [0, 0.05) is 5.56 Å². The third-order valence-electron chi connectivity index (χ3n) is 3.65. The Kier molecular flexibility index (Phi) is 8.57. The molecule has 29 heavy (non-hydrogen) atoms. The van der Waals surface area contributed by atoms with Gasteiger partial charge in [0.1, 0.15) is 10.6 Å². The van der Waals surface area contributed by atoms with Crippen molar-refractivity contribution in [2.24, 2.45) is 0 Å². The van der Waals surface area contributed by atoms with Gasteiger partial charge in [0.05, 0.1) is 34.3 Å². The van der Waals surface area contributed by atoms with Crippen LogP contribution in [0.25, 0.3) is 21.5 Å². The predicted molar refractivity (Wildman–Crippen MR) is 123 cm³/mol. The smallest absolute Gasteiger partial charge is 0.352 e. The molecule has 0 amide bonds. The molecule has 0 aliphatic carbocycles. The Balaban J connectivity index is 0.00000145. The third kappa shape index (κ3) is 4.79. The monoisotopic (exact) mass is 518 g/mol. The summed E-state index contributed by atoms with van der Waals surface area (Å²) in [4.78, 5) is 21.7. The second-order valence-corrected chi connectivity index (χ2v) is 8.24. The molecule has 10 heteroatoms. The Bertz CT molecular complexity index is 1040. The number of aromatic hydroxyl groups is 1. The summed E-state index contributed by atoms with van der Waals surface area (Å²) in [6.45, 7) is 5.91. The van der Waals surface area contributed by atoms with Crippen molar-refractivity contribution in [3.8, 4) is 22.8 Å². The summed E-state index contributed by atoms with van der Waals surface area (Å²) in [5.41, 5.74) is 0.979. The number of thioether (sulfide) groups is 1. The first-order valence-electron chi connectivity index (χ1n) is 8.69. The molecule has 6 nitrogen and oxygen atoms in total. The van der Waals surface area contributed by atoms with Crippen molar-refractivity contribution in [3.05, 3.63) is 26.5 Å². The number of thiophene rings is 1. The second kappa shape index (κ2) is 10.5. The van der Waals surface area contributed by atoms with Crippen LogP contribution in [-0.2, 0) is 4.74 Å². The van der Waals surface area contributed by atoms with Gasteiger partial charge in [0.2, 0.25) is 0 Å². The van der Waals surface area contributed by atoms with Crippen molar-refractivity contribution in [2.45, 2.75) is 25.9 Å². The van der Waals surface area contributed by atoms with Crippen LogP contribution in [0.3, 0.4) is 0 Å². The Morgan fingerprint density at radius 3 is 2.62 bits per heavy atom. The number of carbonyl (C=O) groups is 1. The van der Waals surface area contributed by atoms with Crippen molar-refractivity contribution in [1.29, 1.82) is 0 Å². The maximum absolute atomic E-state index is 12.2. The van der Waals surface area contributed by atoms with Gasteiger partial charge in [-0.2, -0.15) is 0 Å². The maximum atomic E-state index is 12.2.